The minimum Gasteiger partial charge on any atom is -0.496 e. The van der Waals surface area contributed by atoms with Crippen LogP contribution in [0, 0.1) is 5.92 Å². The van der Waals surface area contributed by atoms with Crippen molar-refractivity contribution in [3.05, 3.63) is 68.6 Å². The fourth-order valence-corrected chi connectivity index (χ4v) is 5.17. The summed E-state index contributed by atoms with van der Waals surface area (Å²) in [7, 11) is 1.72. The molecule has 1 aromatic carbocycles. The number of nitrogens with zero attached hydrogens (tertiary/aromatic N) is 2. The van der Waals surface area contributed by atoms with Crippen LogP contribution in [0.25, 0.3) is 10.9 Å². The number of hydrogen-bond acceptors (Lipinski definition) is 5. The zero-order valence-corrected chi connectivity index (χ0v) is 16.4. The molecule has 1 saturated heterocycles. The Balaban J connectivity index is 1.44. The highest BCUT2D eigenvalue weighted by Gasteiger charge is 2.40. The van der Waals surface area contributed by atoms with Crippen molar-refractivity contribution >= 4 is 10.9 Å². The molecule has 0 amide bonds. The third-order valence-electron chi connectivity index (χ3n) is 6.54. The van der Waals surface area contributed by atoms with Gasteiger partial charge in [0.05, 0.1) is 24.2 Å². The predicted molar refractivity (Wildman–Crippen MR) is 111 cm³/mol. The summed E-state index contributed by atoms with van der Waals surface area (Å²) in [5, 5.41) is 4.14. The lowest BCUT2D eigenvalue weighted by Gasteiger charge is -2.32. The van der Waals surface area contributed by atoms with E-state index in [2.05, 4.69) is 27.4 Å². The van der Waals surface area contributed by atoms with Gasteiger partial charge in [0.15, 0.2) is 0 Å². The number of ether oxygens (including phenoxy) is 1. The third-order valence-corrected chi connectivity index (χ3v) is 6.54. The first-order valence-electron chi connectivity index (χ1n) is 10.1. The van der Waals surface area contributed by atoms with Crippen molar-refractivity contribution in [3.63, 3.8) is 0 Å². The van der Waals surface area contributed by atoms with E-state index in [1.165, 1.54) is 21.9 Å². The number of H-pyrrole nitrogens is 1. The summed E-state index contributed by atoms with van der Waals surface area (Å²) in [6.07, 6.45) is 5.97. The zero-order valence-electron chi connectivity index (χ0n) is 16.4. The van der Waals surface area contributed by atoms with Crippen molar-refractivity contribution in [1.82, 2.24) is 19.9 Å². The van der Waals surface area contributed by atoms with E-state index >= 15 is 0 Å². The average Bonchev–Trinajstić information content (AvgIpc) is 3.16. The second kappa shape index (κ2) is 7.15. The van der Waals surface area contributed by atoms with Gasteiger partial charge in [0, 0.05) is 24.7 Å². The first-order chi connectivity index (χ1) is 14.2. The molecule has 150 valence electrons. The van der Waals surface area contributed by atoms with Gasteiger partial charge >= 0.3 is 5.69 Å². The summed E-state index contributed by atoms with van der Waals surface area (Å²) in [4.78, 5) is 32.0. The SMILES string of the molecule is COc1cccc2c1CC[C@H]1CNC(CCn3c(=O)[nH]c4cnccc4c3=O)[C@@H]21. The molecule has 3 heterocycles. The van der Waals surface area contributed by atoms with E-state index in [4.69, 9.17) is 4.74 Å². The van der Waals surface area contributed by atoms with Crippen molar-refractivity contribution in [2.75, 3.05) is 13.7 Å². The van der Waals surface area contributed by atoms with Crippen LogP contribution in [0.2, 0.25) is 0 Å². The smallest absolute Gasteiger partial charge is 0.328 e. The van der Waals surface area contributed by atoms with Gasteiger partial charge in [-0.2, -0.15) is 0 Å². The quantitative estimate of drug-likeness (QED) is 0.707. The fraction of sp³-hybridized carbons (Fsp3) is 0.409. The number of aromatic nitrogens is 3. The molecule has 2 N–H and O–H groups in total. The van der Waals surface area contributed by atoms with Crippen LogP contribution in [0.15, 0.2) is 46.2 Å². The van der Waals surface area contributed by atoms with E-state index in [0.717, 1.165) is 31.6 Å². The second-order valence-electron chi connectivity index (χ2n) is 7.96. The van der Waals surface area contributed by atoms with Crippen LogP contribution in [0.1, 0.15) is 29.9 Å². The van der Waals surface area contributed by atoms with Crippen LogP contribution in [0.4, 0.5) is 0 Å². The molecular weight excluding hydrogens is 368 g/mol. The Morgan fingerprint density at radius 1 is 1.28 bits per heavy atom. The molecule has 3 aromatic rings. The van der Waals surface area contributed by atoms with Gasteiger partial charge in [0.25, 0.3) is 5.56 Å². The maximum Gasteiger partial charge on any atom is 0.328 e. The molecule has 5 rings (SSSR count). The summed E-state index contributed by atoms with van der Waals surface area (Å²) in [5.74, 6) is 1.92. The molecule has 2 aromatic heterocycles. The number of pyridine rings is 1. The monoisotopic (exact) mass is 392 g/mol. The van der Waals surface area contributed by atoms with Crippen LogP contribution in [-0.4, -0.2) is 34.2 Å². The summed E-state index contributed by atoms with van der Waals surface area (Å²) < 4.78 is 6.89. The Morgan fingerprint density at radius 3 is 3.03 bits per heavy atom. The van der Waals surface area contributed by atoms with Gasteiger partial charge in [0.2, 0.25) is 0 Å². The number of hydrogen-bond donors (Lipinski definition) is 2. The van der Waals surface area contributed by atoms with Gasteiger partial charge in [0.1, 0.15) is 5.75 Å². The fourth-order valence-electron chi connectivity index (χ4n) is 5.17. The molecule has 1 unspecified atom stereocenters. The van der Waals surface area contributed by atoms with Gasteiger partial charge in [-0.1, -0.05) is 12.1 Å². The van der Waals surface area contributed by atoms with Crippen molar-refractivity contribution in [1.29, 1.82) is 0 Å². The summed E-state index contributed by atoms with van der Waals surface area (Å²) >= 11 is 0. The molecule has 1 fully saturated rings. The van der Waals surface area contributed by atoms with Crippen LogP contribution in [0.5, 0.6) is 5.75 Å². The van der Waals surface area contributed by atoms with Crippen LogP contribution in [0.3, 0.4) is 0 Å². The van der Waals surface area contributed by atoms with Gasteiger partial charge in [-0.15, -0.1) is 0 Å². The molecule has 2 aliphatic rings. The maximum atomic E-state index is 12.8. The number of methoxy groups -OCH3 is 1. The summed E-state index contributed by atoms with van der Waals surface area (Å²) in [5.41, 5.74) is 2.49. The van der Waals surface area contributed by atoms with Crippen molar-refractivity contribution in [2.45, 2.75) is 37.8 Å². The Kier molecular flexibility index (Phi) is 4.47. The normalized spacial score (nSPS) is 23.0. The molecule has 1 aliphatic carbocycles. The first kappa shape index (κ1) is 18.1. The lowest BCUT2D eigenvalue weighted by molar-refractivity contribution is 0.371. The molecule has 7 heteroatoms. The number of nitrogens with one attached hydrogen (secondary N) is 2. The third kappa shape index (κ3) is 2.97. The minimum atomic E-state index is -0.379. The second-order valence-corrected chi connectivity index (χ2v) is 7.96. The van der Waals surface area contributed by atoms with Crippen molar-refractivity contribution in [3.8, 4) is 5.75 Å². The van der Waals surface area contributed by atoms with E-state index in [0.29, 0.717) is 29.3 Å². The van der Waals surface area contributed by atoms with Crippen molar-refractivity contribution in [2.24, 2.45) is 5.92 Å². The number of benzene rings is 1. The van der Waals surface area contributed by atoms with Gasteiger partial charge in [-0.3, -0.25) is 14.3 Å². The number of rotatable bonds is 4. The Morgan fingerprint density at radius 2 is 2.17 bits per heavy atom. The van der Waals surface area contributed by atoms with E-state index in [-0.39, 0.29) is 17.3 Å². The van der Waals surface area contributed by atoms with Crippen LogP contribution < -0.4 is 21.3 Å². The molecule has 29 heavy (non-hydrogen) atoms. The molecule has 3 atom stereocenters. The Bertz CT molecular complexity index is 1180. The van der Waals surface area contributed by atoms with E-state index in [9.17, 15) is 9.59 Å². The Hall–Kier alpha value is -2.93. The van der Waals surface area contributed by atoms with Crippen molar-refractivity contribution < 1.29 is 4.74 Å². The molecule has 0 radical (unpaired) electrons. The summed E-state index contributed by atoms with van der Waals surface area (Å²) in [6.45, 7) is 1.35. The largest absolute Gasteiger partial charge is 0.496 e. The highest BCUT2D eigenvalue weighted by Crippen LogP contribution is 2.45. The van der Waals surface area contributed by atoms with E-state index < -0.39 is 0 Å². The van der Waals surface area contributed by atoms with E-state index in [1.807, 2.05) is 6.07 Å². The Labute approximate surface area is 167 Å². The number of fused-ring (bicyclic) bond motifs is 4. The minimum absolute atomic E-state index is 0.227. The average molecular weight is 392 g/mol. The summed E-state index contributed by atoms with van der Waals surface area (Å²) in [6, 6.07) is 8.17. The number of aromatic amines is 1. The van der Waals surface area contributed by atoms with Gasteiger partial charge in [-0.25, -0.2) is 4.79 Å². The van der Waals surface area contributed by atoms with Gasteiger partial charge in [-0.05, 0) is 55.0 Å². The van der Waals surface area contributed by atoms with E-state index in [1.54, 1.807) is 19.4 Å². The lowest BCUT2D eigenvalue weighted by Crippen LogP contribution is -2.38. The topological polar surface area (TPSA) is 89.0 Å². The van der Waals surface area contributed by atoms with Crippen LogP contribution in [-0.2, 0) is 13.0 Å². The molecule has 0 spiro atoms. The molecule has 0 bridgehead atoms. The maximum absolute atomic E-state index is 12.8. The standard InChI is InChI=1S/C22H24N4O3/c1-29-19-4-2-3-15-14(19)6-5-13-11-24-17(20(13)15)8-10-26-21(27)16-7-9-23-12-18(16)25-22(26)28/h2-4,7,9,12-13,17,20,24H,5-6,8,10-11H2,1H3,(H,25,28)/t13-,17?,20+/m0/s1. The molecule has 1 aliphatic heterocycles. The molecular formula is C22H24N4O3. The zero-order chi connectivity index (χ0) is 20.0. The van der Waals surface area contributed by atoms with Crippen LogP contribution >= 0.6 is 0 Å². The van der Waals surface area contributed by atoms with Gasteiger partial charge < -0.3 is 15.0 Å². The molecule has 7 nitrogen and oxygen atoms in total. The highest BCUT2D eigenvalue weighted by atomic mass is 16.5. The first-order valence-corrected chi connectivity index (χ1v) is 10.1. The lowest BCUT2D eigenvalue weighted by atomic mass is 9.73. The molecule has 0 saturated carbocycles. The highest BCUT2D eigenvalue weighted by molar-refractivity contribution is 5.75. The predicted octanol–water partition coefficient (Wildman–Crippen LogP) is 1.80.